The van der Waals surface area contributed by atoms with Crippen LogP contribution in [0.3, 0.4) is 0 Å². The first-order chi connectivity index (χ1) is 11.3. The molecular formula is C21H17NO. The number of hydrogen-bond acceptors (Lipinski definition) is 1. The van der Waals surface area contributed by atoms with Gasteiger partial charge in [-0.15, -0.1) is 0 Å². The van der Waals surface area contributed by atoms with Crippen molar-refractivity contribution in [1.29, 1.82) is 0 Å². The van der Waals surface area contributed by atoms with Crippen LogP contribution >= 0.6 is 0 Å². The summed E-state index contributed by atoms with van der Waals surface area (Å²) in [7, 11) is 0. The minimum Gasteiger partial charge on any atom is -0.325 e. The molecule has 0 aromatic heterocycles. The Kier molecular flexibility index (Phi) is 3.23. The molecule has 0 saturated carbocycles. The zero-order valence-electron chi connectivity index (χ0n) is 12.7. The average Bonchev–Trinajstić information content (AvgIpc) is 2.89. The van der Waals surface area contributed by atoms with Gasteiger partial charge < -0.3 is 5.32 Å². The van der Waals surface area contributed by atoms with Gasteiger partial charge in [0.1, 0.15) is 5.41 Å². The van der Waals surface area contributed by atoms with Crippen molar-refractivity contribution in [1.82, 2.24) is 0 Å². The molecule has 0 spiro atoms. The van der Waals surface area contributed by atoms with E-state index in [9.17, 15) is 4.79 Å². The molecule has 1 amide bonds. The molecule has 1 atom stereocenters. The van der Waals surface area contributed by atoms with Crippen molar-refractivity contribution in [3.63, 3.8) is 0 Å². The fraction of sp³-hybridized carbons (Fsp3) is 0.0952. The number of amides is 1. The lowest BCUT2D eigenvalue weighted by Gasteiger charge is -2.28. The summed E-state index contributed by atoms with van der Waals surface area (Å²) in [5.74, 6) is 0.0498. The molecule has 2 nitrogen and oxygen atoms in total. The van der Waals surface area contributed by atoms with Gasteiger partial charge in [0.05, 0.1) is 0 Å². The number of hydrogen-bond donors (Lipinski definition) is 1. The zero-order valence-corrected chi connectivity index (χ0v) is 12.7. The minimum absolute atomic E-state index is 0.0498. The maximum absolute atomic E-state index is 13.0. The Balaban J connectivity index is 1.94. The largest absolute Gasteiger partial charge is 0.325 e. The van der Waals surface area contributed by atoms with Gasteiger partial charge in [-0.05, 0) is 29.2 Å². The Bertz CT molecular complexity index is 842. The summed E-state index contributed by atoms with van der Waals surface area (Å²) >= 11 is 0. The quantitative estimate of drug-likeness (QED) is 0.773. The summed E-state index contributed by atoms with van der Waals surface area (Å²) in [5.41, 5.74) is 3.49. The lowest BCUT2D eigenvalue weighted by Crippen LogP contribution is -2.38. The number of para-hydroxylation sites is 1. The molecule has 0 bridgehead atoms. The van der Waals surface area contributed by atoms with Crippen molar-refractivity contribution in [2.75, 3.05) is 5.32 Å². The van der Waals surface area contributed by atoms with E-state index < -0.39 is 5.41 Å². The van der Waals surface area contributed by atoms with E-state index in [-0.39, 0.29) is 5.91 Å². The van der Waals surface area contributed by atoms with Gasteiger partial charge >= 0.3 is 0 Å². The smallest absolute Gasteiger partial charge is 0.239 e. The Labute approximate surface area is 135 Å². The highest BCUT2D eigenvalue weighted by Crippen LogP contribution is 2.44. The number of nitrogens with one attached hydrogen (secondary N) is 1. The molecule has 4 rings (SSSR count). The number of carbonyl (C=O) groups excluding carboxylic acids is 1. The van der Waals surface area contributed by atoms with Gasteiger partial charge in [-0.1, -0.05) is 78.9 Å². The highest BCUT2D eigenvalue weighted by Gasteiger charge is 2.47. The summed E-state index contributed by atoms with van der Waals surface area (Å²) < 4.78 is 0. The summed E-state index contributed by atoms with van der Waals surface area (Å²) in [6.45, 7) is 0. The van der Waals surface area contributed by atoms with Crippen molar-refractivity contribution in [3.8, 4) is 0 Å². The van der Waals surface area contributed by atoms with E-state index in [0.717, 1.165) is 22.4 Å². The SMILES string of the molecule is O=C1Nc2ccccc2C1(Cc1ccccc1)c1ccccc1. The second kappa shape index (κ2) is 5.40. The summed E-state index contributed by atoms with van der Waals surface area (Å²) in [5, 5.41) is 3.07. The third kappa shape index (κ3) is 2.15. The van der Waals surface area contributed by atoms with E-state index in [1.54, 1.807) is 0 Å². The summed E-state index contributed by atoms with van der Waals surface area (Å²) in [4.78, 5) is 13.0. The van der Waals surface area contributed by atoms with Crippen LogP contribution in [0.25, 0.3) is 0 Å². The Morgan fingerprint density at radius 3 is 2.09 bits per heavy atom. The van der Waals surface area contributed by atoms with Gasteiger partial charge in [0, 0.05) is 5.69 Å². The minimum atomic E-state index is -0.667. The van der Waals surface area contributed by atoms with Gasteiger partial charge in [0.2, 0.25) is 5.91 Å². The second-order valence-electron chi connectivity index (χ2n) is 5.93. The van der Waals surface area contributed by atoms with Crippen molar-refractivity contribution < 1.29 is 4.79 Å². The van der Waals surface area contributed by atoms with Crippen molar-refractivity contribution in [2.24, 2.45) is 0 Å². The first kappa shape index (κ1) is 13.8. The Hall–Kier alpha value is -2.87. The molecule has 1 aliphatic heterocycles. The van der Waals surface area contributed by atoms with Crippen LogP contribution in [-0.4, -0.2) is 5.91 Å². The fourth-order valence-electron chi connectivity index (χ4n) is 3.50. The summed E-state index contributed by atoms with van der Waals surface area (Å²) in [6, 6.07) is 28.3. The number of anilines is 1. The molecule has 23 heavy (non-hydrogen) atoms. The zero-order chi connectivity index (χ0) is 15.7. The third-order valence-electron chi connectivity index (χ3n) is 4.60. The van der Waals surface area contributed by atoms with Gasteiger partial charge in [-0.3, -0.25) is 4.79 Å². The monoisotopic (exact) mass is 299 g/mol. The van der Waals surface area contributed by atoms with Crippen LogP contribution in [0.15, 0.2) is 84.9 Å². The van der Waals surface area contributed by atoms with E-state index in [2.05, 4.69) is 23.5 Å². The maximum Gasteiger partial charge on any atom is 0.239 e. The molecule has 1 heterocycles. The predicted molar refractivity (Wildman–Crippen MR) is 92.4 cm³/mol. The van der Waals surface area contributed by atoms with Crippen LogP contribution in [0.5, 0.6) is 0 Å². The lowest BCUT2D eigenvalue weighted by molar-refractivity contribution is -0.119. The fourth-order valence-corrected chi connectivity index (χ4v) is 3.50. The molecule has 112 valence electrons. The molecule has 1 aliphatic rings. The molecule has 3 aromatic rings. The first-order valence-electron chi connectivity index (χ1n) is 7.81. The Morgan fingerprint density at radius 2 is 1.35 bits per heavy atom. The number of benzene rings is 3. The van der Waals surface area contributed by atoms with Crippen molar-refractivity contribution in [3.05, 3.63) is 102 Å². The average molecular weight is 299 g/mol. The molecule has 1 unspecified atom stereocenters. The van der Waals surface area contributed by atoms with Crippen LogP contribution in [0.4, 0.5) is 5.69 Å². The van der Waals surface area contributed by atoms with Crippen LogP contribution < -0.4 is 5.32 Å². The van der Waals surface area contributed by atoms with E-state index >= 15 is 0 Å². The van der Waals surface area contributed by atoms with Gasteiger partial charge in [-0.25, -0.2) is 0 Å². The van der Waals surface area contributed by atoms with Crippen LogP contribution in [-0.2, 0) is 16.6 Å². The molecule has 0 radical (unpaired) electrons. The number of rotatable bonds is 3. The van der Waals surface area contributed by atoms with Gasteiger partial charge in [0.25, 0.3) is 0 Å². The number of fused-ring (bicyclic) bond motifs is 1. The molecule has 0 aliphatic carbocycles. The van der Waals surface area contributed by atoms with Gasteiger partial charge in [-0.2, -0.15) is 0 Å². The molecule has 2 heteroatoms. The molecule has 1 N–H and O–H groups in total. The van der Waals surface area contributed by atoms with E-state index in [4.69, 9.17) is 0 Å². The second-order valence-corrected chi connectivity index (χ2v) is 5.93. The highest BCUT2D eigenvalue weighted by atomic mass is 16.2. The molecular weight excluding hydrogens is 282 g/mol. The van der Waals surface area contributed by atoms with E-state index in [1.165, 1.54) is 0 Å². The molecule has 0 fully saturated rings. The van der Waals surface area contributed by atoms with Crippen molar-refractivity contribution >= 4 is 11.6 Å². The number of carbonyl (C=O) groups is 1. The standard InChI is InChI=1S/C21H17NO/c23-20-21(17-11-5-2-6-12-17,15-16-9-3-1-4-10-16)18-13-7-8-14-19(18)22-20/h1-14H,15H2,(H,22,23). The first-order valence-corrected chi connectivity index (χ1v) is 7.81. The van der Waals surface area contributed by atoms with E-state index in [1.807, 2.05) is 66.7 Å². The maximum atomic E-state index is 13.0. The normalized spacial score (nSPS) is 19.2. The van der Waals surface area contributed by atoms with Crippen molar-refractivity contribution in [2.45, 2.75) is 11.8 Å². The Morgan fingerprint density at radius 1 is 0.739 bits per heavy atom. The van der Waals surface area contributed by atoms with Crippen LogP contribution in [0, 0.1) is 0 Å². The summed E-state index contributed by atoms with van der Waals surface area (Å²) in [6.07, 6.45) is 0.653. The predicted octanol–water partition coefficient (Wildman–Crippen LogP) is 4.17. The van der Waals surface area contributed by atoms with Crippen LogP contribution in [0.1, 0.15) is 16.7 Å². The van der Waals surface area contributed by atoms with Crippen LogP contribution in [0.2, 0.25) is 0 Å². The molecule has 0 saturated heterocycles. The lowest BCUT2D eigenvalue weighted by atomic mass is 9.71. The van der Waals surface area contributed by atoms with Gasteiger partial charge in [0.15, 0.2) is 0 Å². The topological polar surface area (TPSA) is 29.1 Å². The molecule has 3 aromatic carbocycles. The van der Waals surface area contributed by atoms with E-state index in [0.29, 0.717) is 6.42 Å². The third-order valence-corrected chi connectivity index (χ3v) is 4.60. The highest BCUT2D eigenvalue weighted by molar-refractivity contribution is 6.08.